The Balaban J connectivity index is 2.12. The highest BCUT2D eigenvalue weighted by molar-refractivity contribution is 5.77. The van der Waals surface area contributed by atoms with Crippen molar-refractivity contribution in [3.8, 4) is 0 Å². The maximum absolute atomic E-state index is 11.1. The third-order valence-electron chi connectivity index (χ3n) is 3.08. The number of hydrogen-bond acceptors (Lipinski definition) is 2. The average molecular weight is 197 g/mol. The highest BCUT2D eigenvalue weighted by Gasteiger charge is 2.28. The van der Waals surface area contributed by atoms with Gasteiger partial charge in [-0.1, -0.05) is 20.8 Å². The van der Waals surface area contributed by atoms with Crippen LogP contribution in [0.5, 0.6) is 0 Å². The second kappa shape index (κ2) is 4.92. The number of likely N-dealkylation sites (tertiary alicyclic amines) is 1. The molecule has 1 rings (SSSR count). The smallest absolute Gasteiger partial charge is 0.132 e. The van der Waals surface area contributed by atoms with Crippen LogP contribution < -0.4 is 0 Å². The Bertz CT molecular complexity index is 198. The molecule has 0 radical (unpaired) electrons. The molecule has 0 aromatic rings. The van der Waals surface area contributed by atoms with E-state index in [1.807, 2.05) is 6.92 Å². The largest absolute Gasteiger partial charge is 0.303 e. The zero-order valence-corrected chi connectivity index (χ0v) is 9.81. The summed E-state index contributed by atoms with van der Waals surface area (Å²) in [5.74, 6) is 0.406. The molecule has 82 valence electrons. The van der Waals surface area contributed by atoms with Crippen molar-refractivity contribution >= 4 is 5.78 Å². The quantitative estimate of drug-likeness (QED) is 0.675. The minimum Gasteiger partial charge on any atom is -0.303 e. The van der Waals surface area contributed by atoms with Crippen LogP contribution in [-0.4, -0.2) is 30.3 Å². The van der Waals surface area contributed by atoms with Crippen LogP contribution in [-0.2, 0) is 4.79 Å². The van der Waals surface area contributed by atoms with Gasteiger partial charge in [0, 0.05) is 19.4 Å². The molecule has 0 spiro atoms. The van der Waals surface area contributed by atoms with Gasteiger partial charge in [0.1, 0.15) is 5.78 Å². The van der Waals surface area contributed by atoms with E-state index in [0.717, 1.165) is 19.4 Å². The first kappa shape index (κ1) is 11.7. The minimum atomic E-state index is 0.406. The van der Waals surface area contributed by atoms with Crippen molar-refractivity contribution in [3.05, 3.63) is 0 Å². The van der Waals surface area contributed by atoms with Crippen LogP contribution in [0.1, 0.15) is 46.5 Å². The third kappa shape index (κ3) is 3.79. The molecule has 0 aromatic heterocycles. The molecule has 0 aliphatic carbocycles. The monoisotopic (exact) mass is 197 g/mol. The fourth-order valence-corrected chi connectivity index (χ4v) is 2.09. The first-order valence-corrected chi connectivity index (χ1v) is 5.77. The molecule has 2 heteroatoms. The number of hydrogen-bond donors (Lipinski definition) is 0. The van der Waals surface area contributed by atoms with Gasteiger partial charge < -0.3 is 4.90 Å². The van der Waals surface area contributed by atoms with Gasteiger partial charge in [0.25, 0.3) is 0 Å². The molecule has 0 aromatic carbocycles. The fraction of sp³-hybridized carbons (Fsp3) is 0.917. The molecule has 0 saturated carbocycles. The standard InChI is InChI=1S/C12H23NO/c1-4-11(14)6-5-8-13-9-7-12(2,3)10-13/h4-10H2,1-3H3. The zero-order valence-electron chi connectivity index (χ0n) is 9.81. The number of ketones is 1. The van der Waals surface area contributed by atoms with Gasteiger partial charge >= 0.3 is 0 Å². The average Bonchev–Trinajstić information content (AvgIpc) is 2.45. The predicted octanol–water partition coefficient (Wildman–Crippen LogP) is 2.48. The first-order chi connectivity index (χ1) is 6.53. The lowest BCUT2D eigenvalue weighted by Crippen LogP contribution is -2.24. The lowest BCUT2D eigenvalue weighted by Gasteiger charge is -2.19. The number of carbonyl (C=O) groups excluding carboxylic acids is 1. The maximum atomic E-state index is 11.1. The SMILES string of the molecule is CCC(=O)CCCN1CCC(C)(C)C1. The van der Waals surface area contributed by atoms with E-state index >= 15 is 0 Å². The van der Waals surface area contributed by atoms with Gasteiger partial charge in [0.15, 0.2) is 0 Å². The topological polar surface area (TPSA) is 20.3 Å². The summed E-state index contributed by atoms with van der Waals surface area (Å²) in [5, 5.41) is 0. The third-order valence-corrected chi connectivity index (χ3v) is 3.08. The van der Waals surface area contributed by atoms with Crippen LogP contribution in [0.4, 0.5) is 0 Å². The van der Waals surface area contributed by atoms with Crippen LogP contribution >= 0.6 is 0 Å². The summed E-state index contributed by atoms with van der Waals surface area (Å²) in [6.45, 7) is 10.1. The molecule has 0 unspecified atom stereocenters. The van der Waals surface area contributed by atoms with Crippen molar-refractivity contribution in [1.29, 1.82) is 0 Å². The highest BCUT2D eigenvalue weighted by Crippen LogP contribution is 2.28. The van der Waals surface area contributed by atoms with E-state index in [1.54, 1.807) is 0 Å². The molecule has 14 heavy (non-hydrogen) atoms. The molecule has 1 aliphatic rings. The lowest BCUT2D eigenvalue weighted by molar-refractivity contribution is -0.118. The van der Waals surface area contributed by atoms with E-state index in [4.69, 9.17) is 0 Å². The van der Waals surface area contributed by atoms with E-state index in [2.05, 4.69) is 18.7 Å². The Kier molecular flexibility index (Phi) is 4.11. The molecule has 0 amide bonds. The van der Waals surface area contributed by atoms with E-state index in [1.165, 1.54) is 19.5 Å². The lowest BCUT2D eigenvalue weighted by atomic mass is 9.93. The second-order valence-corrected chi connectivity index (χ2v) is 5.19. The van der Waals surface area contributed by atoms with E-state index in [9.17, 15) is 4.79 Å². The van der Waals surface area contributed by atoms with Gasteiger partial charge in [-0.2, -0.15) is 0 Å². The molecule has 0 bridgehead atoms. The van der Waals surface area contributed by atoms with Crippen LogP contribution in [0, 0.1) is 5.41 Å². The number of nitrogens with zero attached hydrogens (tertiary/aromatic N) is 1. The summed E-state index contributed by atoms with van der Waals surface area (Å²) in [7, 11) is 0. The molecule has 1 aliphatic heterocycles. The molecule has 0 atom stereocenters. The van der Waals surface area contributed by atoms with Crippen molar-refractivity contribution in [2.45, 2.75) is 46.5 Å². The van der Waals surface area contributed by atoms with Gasteiger partial charge in [0.05, 0.1) is 0 Å². The predicted molar refractivity (Wildman–Crippen MR) is 59.4 cm³/mol. The molecule has 0 N–H and O–H groups in total. The van der Waals surface area contributed by atoms with E-state index < -0.39 is 0 Å². The molecule has 1 heterocycles. The number of carbonyl (C=O) groups is 1. The van der Waals surface area contributed by atoms with Crippen molar-refractivity contribution in [3.63, 3.8) is 0 Å². The van der Waals surface area contributed by atoms with Crippen LogP contribution in [0.25, 0.3) is 0 Å². The summed E-state index contributed by atoms with van der Waals surface area (Å²) in [6, 6.07) is 0. The Morgan fingerprint density at radius 1 is 1.43 bits per heavy atom. The van der Waals surface area contributed by atoms with Gasteiger partial charge in [-0.15, -0.1) is 0 Å². The van der Waals surface area contributed by atoms with Gasteiger partial charge in [-0.25, -0.2) is 0 Å². The molecule has 2 nitrogen and oxygen atoms in total. The highest BCUT2D eigenvalue weighted by atomic mass is 16.1. The second-order valence-electron chi connectivity index (χ2n) is 5.19. The molecular weight excluding hydrogens is 174 g/mol. The first-order valence-electron chi connectivity index (χ1n) is 5.77. The Hall–Kier alpha value is -0.370. The summed E-state index contributed by atoms with van der Waals surface area (Å²) in [6.07, 6.45) is 3.82. The normalized spacial score (nSPS) is 21.4. The van der Waals surface area contributed by atoms with Crippen molar-refractivity contribution in [2.75, 3.05) is 19.6 Å². The Labute approximate surface area is 87.7 Å². The van der Waals surface area contributed by atoms with Gasteiger partial charge in [-0.05, 0) is 31.3 Å². The fourth-order valence-electron chi connectivity index (χ4n) is 2.09. The summed E-state index contributed by atoms with van der Waals surface area (Å²) < 4.78 is 0. The van der Waals surface area contributed by atoms with Crippen LogP contribution in [0.15, 0.2) is 0 Å². The Morgan fingerprint density at radius 3 is 2.64 bits per heavy atom. The van der Waals surface area contributed by atoms with Gasteiger partial charge in [-0.3, -0.25) is 4.79 Å². The van der Waals surface area contributed by atoms with Crippen molar-refractivity contribution in [2.24, 2.45) is 5.41 Å². The number of Topliss-reactive ketones (excluding diaryl/α,β-unsaturated/α-hetero) is 1. The van der Waals surface area contributed by atoms with E-state index in [0.29, 0.717) is 17.6 Å². The van der Waals surface area contributed by atoms with Crippen molar-refractivity contribution in [1.82, 2.24) is 4.90 Å². The summed E-state index contributed by atoms with van der Waals surface area (Å²) in [4.78, 5) is 13.6. The Morgan fingerprint density at radius 2 is 2.14 bits per heavy atom. The molecule has 1 fully saturated rings. The summed E-state index contributed by atoms with van der Waals surface area (Å²) >= 11 is 0. The maximum Gasteiger partial charge on any atom is 0.132 e. The molecular formula is C12H23NO. The van der Waals surface area contributed by atoms with Crippen LogP contribution in [0.3, 0.4) is 0 Å². The zero-order chi connectivity index (χ0) is 10.6. The summed E-state index contributed by atoms with van der Waals surface area (Å²) in [5.41, 5.74) is 0.495. The van der Waals surface area contributed by atoms with E-state index in [-0.39, 0.29) is 0 Å². The van der Waals surface area contributed by atoms with Gasteiger partial charge in [0.2, 0.25) is 0 Å². The van der Waals surface area contributed by atoms with Crippen molar-refractivity contribution < 1.29 is 4.79 Å². The minimum absolute atomic E-state index is 0.406. The van der Waals surface area contributed by atoms with Crippen LogP contribution in [0.2, 0.25) is 0 Å². The molecule has 1 saturated heterocycles. The number of rotatable bonds is 5.